The summed E-state index contributed by atoms with van der Waals surface area (Å²) in [5.74, 6) is -1.30. The average Bonchev–Trinajstić information content (AvgIpc) is 3.29. The first-order chi connectivity index (χ1) is 18.2. The monoisotopic (exact) mass is 585 g/mol. The van der Waals surface area contributed by atoms with Crippen LogP contribution < -0.4 is 5.32 Å². The lowest BCUT2D eigenvalue weighted by Crippen LogP contribution is -2.61. The highest BCUT2D eigenvalue weighted by Gasteiger charge is 2.60. The maximum atomic E-state index is 11.7. The number of esters is 1. The third kappa shape index (κ3) is 4.99. The molecule has 4 saturated carbocycles. The van der Waals surface area contributed by atoms with Gasteiger partial charge in [0.2, 0.25) is 5.28 Å². The van der Waals surface area contributed by atoms with E-state index in [9.17, 15) is 23.4 Å². The molecule has 3 unspecified atom stereocenters. The van der Waals surface area contributed by atoms with Crippen LogP contribution in [0.1, 0.15) is 58.6 Å². The second-order valence-electron chi connectivity index (χ2n) is 12.7. The zero-order valence-corrected chi connectivity index (χ0v) is 23.2. The van der Waals surface area contributed by atoms with Crippen LogP contribution in [0, 0.1) is 16.7 Å². The molecule has 1 saturated heterocycles. The van der Waals surface area contributed by atoms with Crippen molar-refractivity contribution in [3.05, 3.63) is 11.6 Å². The molecule has 5 aliphatic rings. The van der Waals surface area contributed by atoms with Gasteiger partial charge < -0.3 is 25.0 Å². The highest BCUT2D eigenvalue weighted by Crippen LogP contribution is 2.66. The predicted molar refractivity (Wildman–Crippen MR) is 137 cm³/mol. The van der Waals surface area contributed by atoms with Gasteiger partial charge in [0, 0.05) is 5.54 Å². The molecule has 13 nitrogen and oxygen atoms in total. The highest BCUT2D eigenvalue weighted by molar-refractivity contribution is 7.86. The maximum absolute atomic E-state index is 11.7. The standard InChI is InChI=1S/C24H32ClN5O8S/c1-22-3-12-4-23(2,8-22)10-24(5-12,9-22)29-18-15-19(28-21(25)27-18)30(11-26-15)20-17(33)16(32)13(38-20)6-37-14(31)7-39(34,35)36/h11-13,16-17,20,32-33H,3-10H2,1-2H3,(H,27,28,29)(H,34,35,36)/t12?,13-,16?,17+,20-,22-,23+,24?/m1/s1. The van der Waals surface area contributed by atoms with Crippen molar-refractivity contribution < 1.29 is 37.5 Å². The largest absolute Gasteiger partial charge is 0.462 e. The summed E-state index contributed by atoms with van der Waals surface area (Å²) in [5, 5.41) is 24.9. The van der Waals surface area contributed by atoms with Crippen LogP contribution in [-0.2, 0) is 24.4 Å². The Hall–Kier alpha value is -2.10. The second-order valence-corrected chi connectivity index (χ2v) is 14.4. The smallest absolute Gasteiger partial charge is 0.323 e. The molecular formula is C24H32ClN5O8S. The predicted octanol–water partition coefficient (Wildman–Crippen LogP) is 1.69. The molecule has 3 heterocycles. The first-order valence-electron chi connectivity index (χ1n) is 13.0. The number of carbonyl (C=O) groups is 1. The lowest BCUT2D eigenvalue weighted by atomic mass is 9.43. The Bertz CT molecular complexity index is 1420. The molecule has 2 aromatic rings. The maximum Gasteiger partial charge on any atom is 0.323 e. The number of carbonyl (C=O) groups excluding carboxylic acids is 1. The van der Waals surface area contributed by atoms with Gasteiger partial charge in [-0.2, -0.15) is 18.4 Å². The van der Waals surface area contributed by atoms with Crippen molar-refractivity contribution in [1.82, 2.24) is 19.5 Å². The number of aliphatic hydroxyl groups is 2. The van der Waals surface area contributed by atoms with E-state index in [1.165, 1.54) is 30.2 Å². The number of imidazole rings is 1. The van der Waals surface area contributed by atoms with E-state index in [1.807, 2.05) is 0 Å². The fraction of sp³-hybridized carbons (Fsp3) is 0.750. The van der Waals surface area contributed by atoms with Crippen LogP contribution in [0.5, 0.6) is 0 Å². The van der Waals surface area contributed by atoms with Crippen LogP contribution in [0.4, 0.5) is 5.82 Å². The Morgan fingerprint density at radius 1 is 1.18 bits per heavy atom. The van der Waals surface area contributed by atoms with E-state index < -0.39 is 53.0 Å². The SMILES string of the molecule is C[C@]12CC3CC(Nc4nc(Cl)nc5c4ncn5[C@@H]4O[C@H](COC(=O)CS(=O)(=O)O)C(O)[C@@H]4O)(C1)C[C@@](C)(C3)C2. The molecule has 15 heteroatoms. The zero-order valence-electron chi connectivity index (χ0n) is 21.6. The number of fused-ring (bicyclic) bond motifs is 1. The minimum atomic E-state index is -4.57. The van der Waals surface area contributed by atoms with Crippen LogP contribution in [0.2, 0.25) is 5.28 Å². The van der Waals surface area contributed by atoms with Gasteiger partial charge in [0.25, 0.3) is 10.1 Å². The Labute approximate surface area is 230 Å². The van der Waals surface area contributed by atoms with Crippen LogP contribution >= 0.6 is 11.6 Å². The van der Waals surface area contributed by atoms with Crippen molar-refractivity contribution in [2.24, 2.45) is 16.7 Å². The van der Waals surface area contributed by atoms with Gasteiger partial charge in [-0.25, -0.2) is 4.98 Å². The van der Waals surface area contributed by atoms with Gasteiger partial charge in [-0.1, -0.05) is 13.8 Å². The number of aliphatic hydroxyl groups excluding tert-OH is 2. The topological polar surface area (TPSA) is 186 Å². The number of rotatable bonds is 7. The van der Waals surface area contributed by atoms with E-state index >= 15 is 0 Å². The fourth-order valence-corrected chi connectivity index (χ4v) is 9.01. The minimum Gasteiger partial charge on any atom is -0.462 e. The van der Waals surface area contributed by atoms with Crippen molar-refractivity contribution in [2.45, 2.75) is 82.5 Å². The van der Waals surface area contributed by atoms with Crippen molar-refractivity contribution in [2.75, 3.05) is 17.7 Å². The molecule has 4 N–H and O–H groups in total. The summed E-state index contributed by atoms with van der Waals surface area (Å²) in [6, 6.07) is 0. The first kappa shape index (κ1) is 27.1. The summed E-state index contributed by atoms with van der Waals surface area (Å²) in [6.07, 6.45) is 3.01. The van der Waals surface area contributed by atoms with Gasteiger partial charge in [-0.15, -0.1) is 0 Å². The molecular weight excluding hydrogens is 554 g/mol. The number of ether oxygens (including phenoxy) is 2. The molecule has 1 aliphatic heterocycles. The molecule has 2 aromatic heterocycles. The van der Waals surface area contributed by atoms with Gasteiger partial charge in [0.05, 0.1) is 6.33 Å². The van der Waals surface area contributed by atoms with Crippen molar-refractivity contribution in [1.29, 1.82) is 0 Å². The molecule has 8 atom stereocenters. The summed E-state index contributed by atoms with van der Waals surface area (Å²) in [7, 11) is -4.57. The number of halogens is 1. The number of hydrogen-bond donors (Lipinski definition) is 4. The molecule has 214 valence electrons. The van der Waals surface area contributed by atoms with E-state index in [1.54, 1.807) is 0 Å². The summed E-state index contributed by atoms with van der Waals surface area (Å²) in [6.45, 7) is 4.22. The summed E-state index contributed by atoms with van der Waals surface area (Å²) >= 11 is 6.35. The van der Waals surface area contributed by atoms with E-state index in [4.69, 9.17) is 25.6 Å². The van der Waals surface area contributed by atoms with E-state index in [0.29, 0.717) is 22.9 Å². The van der Waals surface area contributed by atoms with Crippen molar-refractivity contribution in [3.8, 4) is 0 Å². The summed E-state index contributed by atoms with van der Waals surface area (Å²) in [5.41, 5.74) is 1.15. The number of aromatic nitrogens is 4. The number of hydrogen-bond acceptors (Lipinski definition) is 11. The molecule has 39 heavy (non-hydrogen) atoms. The van der Waals surface area contributed by atoms with Gasteiger partial charge in [-0.05, 0) is 66.9 Å². The van der Waals surface area contributed by atoms with E-state index in [0.717, 1.165) is 19.3 Å². The first-order valence-corrected chi connectivity index (χ1v) is 15.0. The molecule has 0 spiro atoms. The van der Waals surface area contributed by atoms with Gasteiger partial charge in [-0.3, -0.25) is 13.9 Å². The molecule has 0 amide bonds. The van der Waals surface area contributed by atoms with Crippen LogP contribution in [0.25, 0.3) is 11.2 Å². The summed E-state index contributed by atoms with van der Waals surface area (Å²) in [4.78, 5) is 25.0. The highest BCUT2D eigenvalue weighted by atomic mass is 35.5. The Morgan fingerprint density at radius 3 is 2.51 bits per heavy atom. The molecule has 5 fully saturated rings. The van der Waals surface area contributed by atoms with Crippen LogP contribution in [0.15, 0.2) is 6.33 Å². The third-order valence-corrected chi connectivity index (χ3v) is 9.49. The third-order valence-electron chi connectivity index (χ3n) is 8.72. The molecule has 0 radical (unpaired) electrons. The fourth-order valence-electron chi connectivity index (χ4n) is 8.46. The van der Waals surface area contributed by atoms with E-state index in [2.05, 4.69) is 34.1 Å². The van der Waals surface area contributed by atoms with Gasteiger partial charge >= 0.3 is 5.97 Å². The van der Waals surface area contributed by atoms with Crippen molar-refractivity contribution >= 4 is 44.7 Å². The molecule has 4 bridgehead atoms. The van der Waals surface area contributed by atoms with Crippen LogP contribution in [0.3, 0.4) is 0 Å². The second kappa shape index (κ2) is 8.95. The number of nitrogens with zero attached hydrogens (tertiary/aromatic N) is 4. The zero-order chi connectivity index (χ0) is 28.0. The van der Waals surface area contributed by atoms with Crippen molar-refractivity contribution in [3.63, 3.8) is 0 Å². The molecule has 4 aliphatic carbocycles. The summed E-state index contributed by atoms with van der Waals surface area (Å²) < 4.78 is 42.5. The van der Waals surface area contributed by atoms with Gasteiger partial charge in [0.15, 0.2) is 29.0 Å². The number of nitrogens with one attached hydrogen (secondary N) is 1. The molecule has 0 aromatic carbocycles. The van der Waals surface area contributed by atoms with Gasteiger partial charge in [0.1, 0.15) is 24.9 Å². The molecule has 7 rings (SSSR count). The Balaban J connectivity index is 1.25. The van der Waals surface area contributed by atoms with Crippen LogP contribution in [-0.4, -0.2) is 84.9 Å². The Kier molecular flexibility index (Phi) is 6.22. The quantitative estimate of drug-likeness (QED) is 0.209. The normalized spacial score (nSPS) is 39.4. The Morgan fingerprint density at radius 2 is 1.87 bits per heavy atom. The lowest BCUT2D eigenvalue weighted by molar-refractivity contribution is -0.147. The lowest BCUT2D eigenvalue weighted by Gasteiger charge is -2.65. The average molecular weight is 586 g/mol. The number of anilines is 1. The minimum absolute atomic E-state index is 0.0161. The van der Waals surface area contributed by atoms with E-state index in [-0.39, 0.29) is 21.7 Å².